The lowest BCUT2D eigenvalue weighted by Gasteiger charge is -1.89. The number of rotatable bonds is 1. The summed E-state index contributed by atoms with van der Waals surface area (Å²) < 4.78 is 23.7. The largest absolute Gasteiger partial charge is 0.211 e. The number of allylic oxidation sites excluding steroid dienone is 3. The first-order chi connectivity index (χ1) is 3.55. The SMILES string of the molecule is C=C(F)/C(I)=C(\C)F. The van der Waals surface area contributed by atoms with Crippen LogP contribution < -0.4 is 0 Å². The lowest BCUT2D eigenvalue weighted by Crippen LogP contribution is -1.71. The van der Waals surface area contributed by atoms with E-state index in [4.69, 9.17) is 0 Å². The minimum atomic E-state index is -0.717. The molecule has 0 heterocycles. The molecular weight excluding hydrogens is 225 g/mol. The van der Waals surface area contributed by atoms with Gasteiger partial charge in [0.1, 0.15) is 11.7 Å². The van der Waals surface area contributed by atoms with E-state index >= 15 is 0 Å². The lowest BCUT2D eigenvalue weighted by atomic mass is 10.5. The highest BCUT2D eigenvalue weighted by Crippen LogP contribution is 2.21. The monoisotopic (exact) mass is 230 g/mol. The van der Waals surface area contributed by atoms with E-state index in [-0.39, 0.29) is 3.58 Å². The molecule has 0 radical (unpaired) electrons. The van der Waals surface area contributed by atoms with Crippen LogP contribution in [0.15, 0.2) is 21.8 Å². The number of hydrogen-bond donors (Lipinski definition) is 0. The van der Waals surface area contributed by atoms with E-state index < -0.39 is 11.7 Å². The first-order valence-corrected chi connectivity index (χ1v) is 3.00. The first-order valence-electron chi connectivity index (χ1n) is 1.92. The summed E-state index contributed by atoms with van der Waals surface area (Å²) in [4.78, 5) is 0. The Labute approximate surface area is 60.4 Å². The molecule has 3 heteroatoms. The molecule has 0 N–H and O–H groups in total. The van der Waals surface area contributed by atoms with Crippen molar-refractivity contribution in [2.75, 3.05) is 0 Å². The van der Waals surface area contributed by atoms with Gasteiger partial charge in [-0.25, -0.2) is 8.78 Å². The van der Waals surface area contributed by atoms with E-state index in [0.717, 1.165) is 0 Å². The summed E-state index contributed by atoms with van der Waals surface area (Å²) in [6.07, 6.45) is 0. The maximum Gasteiger partial charge on any atom is 0.131 e. The molecular formula is C5H5F2I. The van der Waals surface area contributed by atoms with Crippen molar-refractivity contribution in [1.82, 2.24) is 0 Å². The molecule has 0 amide bonds. The van der Waals surface area contributed by atoms with E-state index in [9.17, 15) is 8.78 Å². The third-order valence-corrected chi connectivity index (χ3v) is 1.87. The summed E-state index contributed by atoms with van der Waals surface area (Å²) in [5.41, 5.74) is 0. The van der Waals surface area contributed by atoms with E-state index in [1.54, 1.807) is 22.6 Å². The van der Waals surface area contributed by atoms with Gasteiger partial charge in [0.15, 0.2) is 0 Å². The quantitative estimate of drug-likeness (QED) is 0.479. The average molecular weight is 230 g/mol. The Kier molecular flexibility index (Phi) is 3.19. The Morgan fingerprint density at radius 1 is 1.50 bits per heavy atom. The summed E-state index contributed by atoms with van der Waals surface area (Å²) in [7, 11) is 0. The summed E-state index contributed by atoms with van der Waals surface area (Å²) in [6.45, 7) is 4.09. The van der Waals surface area contributed by atoms with Crippen LogP contribution >= 0.6 is 22.6 Å². The molecule has 0 aromatic carbocycles. The van der Waals surface area contributed by atoms with E-state index in [1.165, 1.54) is 6.92 Å². The highest BCUT2D eigenvalue weighted by atomic mass is 127. The Morgan fingerprint density at radius 3 is 1.88 bits per heavy atom. The van der Waals surface area contributed by atoms with Crippen LogP contribution in [0.4, 0.5) is 8.78 Å². The molecule has 0 aliphatic carbocycles. The van der Waals surface area contributed by atoms with Gasteiger partial charge in [0.2, 0.25) is 0 Å². The van der Waals surface area contributed by atoms with Crippen molar-refractivity contribution in [3.05, 3.63) is 21.8 Å². The zero-order valence-electron chi connectivity index (χ0n) is 4.34. The van der Waals surface area contributed by atoms with Crippen LogP contribution in [0.25, 0.3) is 0 Å². The molecule has 0 bridgehead atoms. The van der Waals surface area contributed by atoms with Crippen molar-refractivity contribution >= 4 is 22.6 Å². The molecule has 8 heavy (non-hydrogen) atoms. The fraction of sp³-hybridized carbons (Fsp3) is 0.200. The van der Waals surface area contributed by atoms with E-state index in [0.29, 0.717) is 0 Å². The standard InChI is InChI=1S/C5H5F2I/c1-3(6)5(8)4(2)7/h1H2,2H3/b5-4-. The van der Waals surface area contributed by atoms with Crippen molar-refractivity contribution in [3.63, 3.8) is 0 Å². The second-order valence-corrected chi connectivity index (χ2v) is 2.33. The van der Waals surface area contributed by atoms with Gasteiger partial charge >= 0.3 is 0 Å². The van der Waals surface area contributed by atoms with Gasteiger partial charge in [-0.2, -0.15) is 0 Å². The number of hydrogen-bond acceptors (Lipinski definition) is 0. The molecule has 0 aliphatic heterocycles. The van der Waals surface area contributed by atoms with Crippen molar-refractivity contribution in [2.45, 2.75) is 6.92 Å². The van der Waals surface area contributed by atoms with Crippen LogP contribution in [0.3, 0.4) is 0 Å². The van der Waals surface area contributed by atoms with Gasteiger partial charge in [-0.1, -0.05) is 6.58 Å². The summed E-state index contributed by atoms with van der Waals surface area (Å²) >= 11 is 1.55. The van der Waals surface area contributed by atoms with Crippen molar-refractivity contribution in [2.24, 2.45) is 0 Å². The maximum atomic E-state index is 11.9. The molecule has 0 aromatic rings. The van der Waals surface area contributed by atoms with Crippen LogP contribution in [0.1, 0.15) is 6.92 Å². The van der Waals surface area contributed by atoms with Crippen molar-refractivity contribution in [3.8, 4) is 0 Å². The Morgan fingerprint density at radius 2 is 1.88 bits per heavy atom. The zero-order chi connectivity index (χ0) is 6.73. The predicted octanol–water partition coefficient (Wildman–Crippen LogP) is 3.11. The Hall–Kier alpha value is 0.0700. The molecule has 0 saturated carbocycles. The summed E-state index contributed by atoms with van der Waals surface area (Å²) in [5, 5.41) is 0. The third-order valence-electron chi connectivity index (χ3n) is 0.541. The van der Waals surface area contributed by atoms with Gasteiger partial charge in [0, 0.05) is 0 Å². The van der Waals surface area contributed by atoms with E-state index in [1.807, 2.05) is 0 Å². The average Bonchev–Trinajstić information content (AvgIpc) is 1.64. The van der Waals surface area contributed by atoms with Crippen LogP contribution in [-0.4, -0.2) is 0 Å². The second-order valence-electron chi connectivity index (χ2n) is 1.25. The van der Waals surface area contributed by atoms with Crippen LogP contribution in [0, 0.1) is 0 Å². The fourth-order valence-electron chi connectivity index (χ4n) is 0.187. The van der Waals surface area contributed by atoms with Crippen molar-refractivity contribution < 1.29 is 8.78 Å². The molecule has 0 unspecified atom stereocenters. The van der Waals surface area contributed by atoms with Gasteiger partial charge in [-0.3, -0.25) is 0 Å². The maximum absolute atomic E-state index is 11.9. The minimum absolute atomic E-state index is 0.0393. The van der Waals surface area contributed by atoms with Crippen LogP contribution in [-0.2, 0) is 0 Å². The molecule has 0 rings (SSSR count). The second kappa shape index (κ2) is 3.17. The van der Waals surface area contributed by atoms with Gasteiger partial charge in [0.25, 0.3) is 0 Å². The molecule has 0 saturated heterocycles. The van der Waals surface area contributed by atoms with Gasteiger partial charge in [-0.15, -0.1) is 0 Å². The summed E-state index contributed by atoms with van der Waals surface area (Å²) in [6, 6.07) is 0. The Balaban J connectivity index is 4.23. The van der Waals surface area contributed by atoms with Crippen LogP contribution in [0.5, 0.6) is 0 Å². The molecule has 0 aromatic heterocycles. The number of halogens is 3. The third kappa shape index (κ3) is 2.40. The van der Waals surface area contributed by atoms with Crippen LogP contribution in [0.2, 0.25) is 0 Å². The minimum Gasteiger partial charge on any atom is -0.211 e. The molecule has 0 spiro atoms. The van der Waals surface area contributed by atoms with Gasteiger partial charge in [0.05, 0.1) is 3.58 Å². The topological polar surface area (TPSA) is 0 Å². The molecule has 46 valence electrons. The van der Waals surface area contributed by atoms with Gasteiger partial charge < -0.3 is 0 Å². The van der Waals surface area contributed by atoms with Gasteiger partial charge in [-0.05, 0) is 29.5 Å². The normalized spacial score (nSPS) is 13.0. The zero-order valence-corrected chi connectivity index (χ0v) is 6.50. The van der Waals surface area contributed by atoms with Crippen molar-refractivity contribution in [1.29, 1.82) is 0 Å². The predicted molar refractivity (Wildman–Crippen MR) is 38.1 cm³/mol. The molecule has 0 fully saturated rings. The highest BCUT2D eigenvalue weighted by Gasteiger charge is 1.99. The molecule has 0 atom stereocenters. The molecule has 0 nitrogen and oxygen atoms in total. The smallest absolute Gasteiger partial charge is 0.131 e. The lowest BCUT2D eigenvalue weighted by molar-refractivity contribution is 0.614. The highest BCUT2D eigenvalue weighted by molar-refractivity contribution is 14.1. The Bertz CT molecular complexity index is 133. The van der Waals surface area contributed by atoms with E-state index in [2.05, 4.69) is 6.58 Å². The molecule has 0 aliphatic rings. The summed E-state index contributed by atoms with van der Waals surface area (Å²) in [5.74, 6) is -1.25. The first kappa shape index (κ1) is 8.07. The fourth-order valence-corrected chi connectivity index (χ4v) is 0.187.